The normalized spacial score (nSPS) is 16.5. The molecule has 0 heterocycles. The quantitative estimate of drug-likeness (QED) is 0.387. The van der Waals surface area contributed by atoms with Crippen molar-refractivity contribution in [3.63, 3.8) is 0 Å². The number of aliphatic imine (C=N–C) groups is 1. The zero-order valence-electron chi connectivity index (χ0n) is 17.4. The van der Waals surface area contributed by atoms with Crippen molar-refractivity contribution in [1.82, 2.24) is 16.0 Å². The second kappa shape index (κ2) is 11.7. The molecule has 6 heteroatoms. The van der Waals surface area contributed by atoms with Crippen molar-refractivity contribution < 1.29 is 9.90 Å². The van der Waals surface area contributed by atoms with Crippen LogP contribution in [0.15, 0.2) is 29.3 Å². The van der Waals surface area contributed by atoms with E-state index in [0.717, 1.165) is 43.9 Å². The maximum absolute atomic E-state index is 12.0. The van der Waals surface area contributed by atoms with Gasteiger partial charge in [0.15, 0.2) is 5.96 Å². The molecule has 2 rings (SSSR count). The predicted molar refractivity (Wildman–Crippen MR) is 114 cm³/mol. The third kappa shape index (κ3) is 6.82. The monoisotopic (exact) mass is 388 g/mol. The van der Waals surface area contributed by atoms with E-state index in [0.29, 0.717) is 18.7 Å². The summed E-state index contributed by atoms with van der Waals surface area (Å²) in [6.45, 7) is 6.95. The summed E-state index contributed by atoms with van der Waals surface area (Å²) < 4.78 is 0. The molecule has 4 N–H and O–H groups in total. The Bertz CT molecular complexity index is 634. The molecule has 6 nitrogen and oxygen atoms in total. The fourth-order valence-electron chi connectivity index (χ4n) is 3.91. The average molecular weight is 389 g/mol. The van der Waals surface area contributed by atoms with Crippen molar-refractivity contribution in [2.45, 2.75) is 58.9 Å². The Kier molecular flexibility index (Phi) is 9.28. The van der Waals surface area contributed by atoms with Crippen LogP contribution >= 0.6 is 0 Å². The van der Waals surface area contributed by atoms with Gasteiger partial charge in [0.05, 0.1) is 6.54 Å². The number of aliphatic hydroxyl groups is 1. The number of carbonyl (C=O) groups excluding carboxylic acids is 1. The van der Waals surface area contributed by atoms with E-state index in [9.17, 15) is 9.90 Å². The topological polar surface area (TPSA) is 85.8 Å². The summed E-state index contributed by atoms with van der Waals surface area (Å²) in [5.74, 6) is 0.732. The molecule has 156 valence electrons. The number of nitrogens with one attached hydrogen (secondary N) is 3. The summed E-state index contributed by atoms with van der Waals surface area (Å²) in [6.07, 6.45) is 6.93. The maximum Gasteiger partial charge on any atom is 0.251 e. The van der Waals surface area contributed by atoms with Gasteiger partial charge in [0, 0.05) is 31.8 Å². The van der Waals surface area contributed by atoms with Crippen LogP contribution in [-0.2, 0) is 6.54 Å². The van der Waals surface area contributed by atoms with Crippen molar-refractivity contribution in [3.8, 4) is 0 Å². The number of carbonyl (C=O) groups is 1. The van der Waals surface area contributed by atoms with Gasteiger partial charge in [0.2, 0.25) is 0 Å². The lowest BCUT2D eigenvalue weighted by atomic mass is 9.72. The Labute approximate surface area is 169 Å². The summed E-state index contributed by atoms with van der Waals surface area (Å²) in [4.78, 5) is 16.7. The molecule has 1 fully saturated rings. The highest BCUT2D eigenvalue weighted by Gasteiger charge is 2.31. The Morgan fingerprint density at radius 3 is 2.54 bits per heavy atom. The first kappa shape index (κ1) is 22.2. The largest absolute Gasteiger partial charge is 0.396 e. The molecular weight excluding hydrogens is 352 g/mol. The smallest absolute Gasteiger partial charge is 0.251 e. The average Bonchev–Trinajstić information content (AvgIpc) is 2.71. The van der Waals surface area contributed by atoms with Gasteiger partial charge in [-0.15, -0.1) is 0 Å². The van der Waals surface area contributed by atoms with Crippen LogP contribution in [-0.4, -0.2) is 43.2 Å². The van der Waals surface area contributed by atoms with Gasteiger partial charge in [-0.2, -0.15) is 0 Å². The zero-order chi connectivity index (χ0) is 20.2. The van der Waals surface area contributed by atoms with Crippen molar-refractivity contribution in [3.05, 3.63) is 35.4 Å². The minimum Gasteiger partial charge on any atom is -0.396 e. The van der Waals surface area contributed by atoms with E-state index in [1.165, 1.54) is 19.3 Å². The van der Waals surface area contributed by atoms with Gasteiger partial charge in [-0.3, -0.25) is 4.79 Å². The van der Waals surface area contributed by atoms with Crippen LogP contribution in [0.2, 0.25) is 0 Å². The van der Waals surface area contributed by atoms with Crippen molar-refractivity contribution in [1.29, 1.82) is 0 Å². The highest BCUT2D eigenvalue weighted by molar-refractivity contribution is 5.94. The van der Waals surface area contributed by atoms with Gasteiger partial charge in [0.25, 0.3) is 5.91 Å². The Morgan fingerprint density at radius 1 is 1.11 bits per heavy atom. The number of hydrogen-bond donors (Lipinski definition) is 4. The fraction of sp³-hybridized carbons (Fsp3) is 0.636. The lowest BCUT2D eigenvalue weighted by Crippen LogP contribution is -2.44. The lowest BCUT2D eigenvalue weighted by molar-refractivity contribution is 0.0955. The summed E-state index contributed by atoms with van der Waals surface area (Å²) in [5, 5.41) is 19.1. The molecule has 0 unspecified atom stereocenters. The van der Waals surface area contributed by atoms with E-state index >= 15 is 0 Å². The summed E-state index contributed by atoms with van der Waals surface area (Å²) in [6, 6.07) is 7.61. The second-order valence-electron chi connectivity index (χ2n) is 7.64. The highest BCUT2D eigenvalue weighted by atomic mass is 16.3. The molecule has 1 aromatic carbocycles. The van der Waals surface area contributed by atoms with Crippen LogP contribution in [0.3, 0.4) is 0 Å². The molecule has 0 aliphatic heterocycles. The van der Waals surface area contributed by atoms with Gasteiger partial charge in [-0.1, -0.05) is 31.4 Å². The predicted octanol–water partition coefficient (Wildman–Crippen LogP) is 2.82. The first-order valence-electron chi connectivity index (χ1n) is 10.6. The lowest BCUT2D eigenvalue weighted by Gasteiger charge is -2.37. The molecule has 0 spiro atoms. The molecule has 1 amide bonds. The molecule has 1 aliphatic carbocycles. The van der Waals surface area contributed by atoms with E-state index in [4.69, 9.17) is 4.99 Å². The fourth-order valence-corrected chi connectivity index (χ4v) is 3.91. The molecule has 1 aliphatic rings. The molecular formula is C22H36N4O2. The van der Waals surface area contributed by atoms with E-state index in [2.05, 4.69) is 22.9 Å². The van der Waals surface area contributed by atoms with Crippen molar-refractivity contribution in [2.75, 3.05) is 26.2 Å². The summed E-state index contributed by atoms with van der Waals surface area (Å²) >= 11 is 0. The highest BCUT2D eigenvalue weighted by Crippen LogP contribution is 2.38. The standard InChI is InChI=1S/C22H36N4O2/c1-3-23-20(28)19-10-8-9-18(15-19)16-25-21(24-4-2)26-17-22(13-14-27)11-6-5-7-12-22/h8-10,15,27H,3-7,11-14,16-17H2,1-2H3,(H,23,28)(H2,24,25,26). The number of rotatable bonds is 9. The van der Waals surface area contributed by atoms with E-state index in [-0.39, 0.29) is 17.9 Å². The number of amides is 1. The third-order valence-electron chi connectivity index (χ3n) is 5.48. The third-order valence-corrected chi connectivity index (χ3v) is 5.48. The number of benzene rings is 1. The molecule has 0 saturated heterocycles. The van der Waals surface area contributed by atoms with Crippen LogP contribution in [0, 0.1) is 5.41 Å². The Morgan fingerprint density at radius 2 is 1.86 bits per heavy atom. The second-order valence-corrected chi connectivity index (χ2v) is 7.64. The van der Waals surface area contributed by atoms with Gasteiger partial charge in [0.1, 0.15) is 0 Å². The Hall–Kier alpha value is -2.08. The van der Waals surface area contributed by atoms with Gasteiger partial charge >= 0.3 is 0 Å². The number of nitrogens with zero attached hydrogens (tertiary/aromatic N) is 1. The van der Waals surface area contributed by atoms with Crippen LogP contribution in [0.5, 0.6) is 0 Å². The number of aliphatic hydroxyl groups excluding tert-OH is 1. The van der Waals surface area contributed by atoms with Crippen LogP contribution in [0.4, 0.5) is 0 Å². The Balaban J connectivity index is 2.01. The van der Waals surface area contributed by atoms with Crippen LogP contribution in [0.25, 0.3) is 0 Å². The zero-order valence-corrected chi connectivity index (χ0v) is 17.4. The number of guanidine groups is 1. The van der Waals surface area contributed by atoms with Gasteiger partial charge in [-0.05, 0) is 56.2 Å². The molecule has 1 saturated carbocycles. The summed E-state index contributed by atoms with van der Waals surface area (Å²) in [5.41, 5.74) is 1.83. The molecule has 0 radical (unpaired) electrons. The minimum atomic E-state index is -0.0541. The first-order chi connectivity index (χ1) is 13.6. The SMILES string of the molecule is CCNC(=O)c1cccc(CN=C(NCC)NCC2(CCO)CCCCC2)c1. The maximum atomic E-state index is 12.0. The molecule has 0 aromatic heterocycles. The minimum absolute atomic E-state index is 0.0541. The van der Waals surface area contributed by atoms with E-state index in [1.807, 2.05) is 31.2 Å². The van der Waals surface area contributed by atoms with Crippen molar-refractivity contribution in [2.24, 2.45) is 10.4 Å². The van der Waals surface area contributed by atoms with Gasteiger partial charge < -0.3 is 21.1 Å². The van der Waals surface area contributed by atoms with E-state index in [1.54, 1.807) is 0 Å². The van der Waals surface area contributed by atoms with Crippen LogP contribution in [0.1, 0.15) is 68.3 Å². The molecule has 28 heavy (non-hydrogen) atoms. The van der Waals surface area contributed by atoms with E-state index < -0.39 is 0 Å². The van der Waals surface area contributed by atoms with Crippen molar-refractivity contribution >= 4 is 11.9 Å². The van der Waals surface area contributed by atoms with Gasteiger partial charge in [-0.25, -0.2) is 4.99 Å². The first-order valence-corrected chi connectivity index (χ1v) is 10.6. The number of hydrogen-bond acceptors (Lipinski definition) is 3. The molecule has 0 bridgehead atoms. The summed E-state index contributed by atoms with van der Waals surface area (Å²) in [7, 11) is 0. The molecule has 1 aromatic rings. The van der Waals surface area contributed by atoms with Crippen LogP contribution < -0.4 is 16.0 Å². The molecule has 0 atom stereocenters.